The van der Waals surface area contributed by atoms with Crippen molar-refractivity contribution >= 4 is 11.6 Å². The van der Waals surface area contributed by atoms with E-state index in [1.165, 1.54) is 0 Å². The van der Waals surface area contributed by atoms with Gasteiger partial charge in [-0.3, -0.25) is 9.59 Å². The van der Waals surface area contributed by atoms with Gasteiger partial charge in [0.1, 0.15) is 12.7 Å². The topological polar surface area (TPSA) is 93.1 Å². The molecule has 4 aliphatic carbocycles. The van der Waals surface area contributed by atoms with Crippen LogP contribution in [0.1, 0.15) is 52.9 Å². The summed E-state index contributed by atoms with van der Waals surface area (Å²) in [6.45, 7) is 5.53. The third kappa shape index (κ3) is 2.59. The lowest BCUT2D eigenvalue weighted by atomic mass is 9.47. The molecule has 0 aromatic rings. The lowest BCUT2D eigenvalue weighted by Gasteiger charge is -2.58. The zero-order chi connectivity index (χ0) is 22.2. The van der Waals surface area contributed by atoms with Gasteiger partial charge < -0.3 is 19.7 Å². The largest absolute Gasteiger partial charge is 0.393 e. The summed E-state index contributed by atoms with van der Waals surface area (Å²) >= 11 is 0. The summed E-state index contributed by atoms with van der Waals surface area (Å²) in [4.78, 5) is 25.2. The Balaban J connectivity index is 1.59. The van der Waals surface area contributed by atoms with Gasteiger partial charge in [0.2, 0.25) is 0 Å². The third-order valence-electron chi connectivity index (χ3n) is 8.77. The molecule has 5 rings (SSSR count). The molecule has 1 heterocycles. The van der Waals surface area contributed by atoms with E-state index in [4.69, 9.17) is 9.47 Å². The summed E-state index contributed by atoms with van der Waals surface area (Å²) in [7, 11) is 0. The van der Waals surface area contributed by atoms with E-state index in [2.05, 4.69) is 13.0 Å². The molecule has 2 saturated carbocycles. The Labute approximate surface area is 183 Å². The van der Waals surface area contributed by atoms with Crippen LogP contribution in [0, 0.1) is 22.7 Å². The molecule has 0 radical (unpaired) electrons. The second-order valence-corrected chi connectivity index (χ2v) is 10.3. The minimum absolute atomic E-state index is 0.00642. The van der Waals surface area contributed by atoms with Crippen molar-refractivity contribution < 1.29 is 29.3 Å². The van der Waals surface area contributed by atoms with Crippen LogP contribution in [-0.4, -0.2) is 52.5 Å². The predicted octanol–water partition coefficient (Wildman–Crippen LogP) is 2.64. The van der Waals surface area contributed by atoms with E-state index in [0.717, 1.165) is 30.4 Å². The van der Waals surface area contributed by atoms with E-state index in [1.54, 1.807) is 12.2 Å². The van der Waals surface area contributed by atoms with Crippen LogP contribution < -0.4 is 0 Å². The highest BCUT2D eigenvalue weighted by atomic mass is 16.7. The van der Waals surface area contributed by atoms with Crippen LogP contribution in [0.2, 0.25) is 0 Å². The van der Waals surface area contributed by atoms with Crippen molar-refractivity contribution in [2.75, 3.05) is 6.61 Å². The highest BCUT2D eigenvalue weighted by Gasteiger charge is 2.72. The first kappa shape index (κ1) is 21.3. The number of ketones is 2. The second kappa shape index (κ2) is 6.95. The molecule has 0 amide bonds. The fraction of sp³-hybridized carbons (Fsp3) is 0.680. The molecule has 6 nitrogen and oxygen atoms in total. The van der Waals surface area contributed by atoms with Crippen molar-refractivity contribution in [2.45, 2.75) is 77.0 Å². The van der Waals surface area contributed by atoms with Crippen LogP contribution in [0.15, 0.2) is 35.5 Å². The van der Waals surface area contributed by atoms with Gasteiger partial charge >= 0.3 is 0 Å². The molecule has 1 saturated heterocycles. The number of aliphatic hydroxyl groups excluding tert-OH is 2. The standard InChI is InChI=1S/C25H32O6/c1-4-5-21-30-20-11-17-16-7-6-14-10-15(27)8-9-23(14,2)22(16)18(28)12-24(17,3)25(20,31-21)19(29)13-26/h8-11,16,18,20-22,26,28H,4-7,12-13H2,1-3H3/t16-,18-,20+,21?,22+,23-,24-,25+/m0/s1. The Morgan fingerprint density at radius 3 is 2.81 bits per heavy atom. The molecule has 0 aromatic heterocycles. The van der Waals surface area contributed by atoms with Crippen molar-refractivity contribution in [1.82, 2.24) is 0 Å². The maximum atomic E-state index is 13.2. The second-order valence-electron chi connectivity index (χ2n) is 10.3. The van der Waals surface area contributed by atoms with Crippen molar-refractivity contribution in [3.63, 3.8) is 0 Å². The van der Waals surface area contributed by atoms with Crippen molar-refractivity contribution in [3.05, 3.63) is 35.5 Å². The number of hydrogen-bond donors (Lipinski definition) is 2. The van der Waals surface area contributed by atoms with E-state index < -0.39 is 41.5 Å². The molecule has 0 bridgehead atoms. The van der Waals surface area contributed by atoms with E-state index in [0.29, 0.717) is 12.8 Å². The maximum Gasteiger partial charge on any atom is 0.193 e. The Kier molecular flexibility index (Phi) is 4.76. The van der Waals surface area contributed by atoms with Gasteiger partial charge in [-0.25, -0.2) is 0 Å². The Hall–Kier alpha value is -1.60. The highest BCUT2D eigenvalue weighted by molar-refractivity contribution is 6.01. The molecule has 3 fully saturated rings. The van der Waals surface area contributed by atoms with Crippen LogP contribution in [-0.2, 0) is 19.1 Å². The third-order valence-corrected chi connectivity index (χ3v) is 8.77. The van der Waals surface area contributed by atoms with Crippen LogP contribution in [0.5, 0.6) is 0 Å². The Bertz CT molecular complexity index is 917. The van der Waals surface area contributed by atoms with Gasteiger partial charge in [-0.15, -0.1) is 0 Å². The number of hydrogen-bond acceptors (Lipinski definition) is 6. The van der Waals surface area contributed by atoms with Crippen LogP contribution in [0.3, 0.4) is 0 Å². The zero-order valence-electron chi connectivity index (χ0n) is 18.5. The van der Waals surface area contributed by atoms with Crippen molar-refractivity contribution in [1.29, 1.82) is 0 Å². The zero-order valence-corrected chi connectivity index (χ0v) is 18.5. The molecule has 31 heavy (non-hydrogen) atoms. The van der Waals surface area contributed by atoms with Crippen molar-refractivity contribution in [3.8, 4) is 0 Å². The molecule has 0 aromatic carbocycles. The van der Waals surface area contributed by atoms with Crippen LogP contribution in [0.4, 0.5) is 0 Å². The Morgan fingerprint density at radius 2 is 2.10 bits per heavy atom. The maximum absolute atomic E-state index is 13.2. The minimum atomic E-state index is -1.29. The molecular weight excluding hydrogens is 396 g/mol. The monoisotopic (exact) mass is 428 g/mol. The summed E-state index contributed by atoms with van der Waals surface area (Å²) in [6, 6.07) is 0. The van der Waals surface area contributed by atoms with Gasteiger partial charge in [0.05, 0.1) is 6.10 Å². The van der Waals surface area contributed by atoms with Gasteiger partial charge in [0.15, 0.2) is 23.5 Å². The van der Waals surface area contributed by atoms with Gasteiger partial charge in [0.25, 0.3) is 0 Å². The normalized spacial score (nSPS) is 47.8. The molecular formula is C25H32O6. The fourth-order valence-corrected chi connectivity index (χ4v) is 7.41. The molecule has 5 aliphatic rings. The summed E-state index contributed by atoms with van der Waals surface area (Å²) in [6.07, 6.45) is 9.13. The average Bonchev–Trinajstić information content (AvgIpc) is 3.20. The number of Topliss-reactive ketones (excluding diaryl/α,β-unsaturated/α-hetero) is 1. The first-order valence-corrected chi connectivity index (χ1v) is 11.5. The first-order chi connectivity index (χ1) is 14.7. The van der Waals surface area contributed by atoms with E-state index in [1.807, 2.05) is 19.9 Å². The van der Waals surface area contributed by atoms with Gasteiger partial charge in [-0.05, 0) is 43.8 Å². The van der Waals surface area contributed by atoms with Crippen molar-refractivity contribution in [2.24, 2.45) is 22.7 Å². The molecule has 1 aliphatic heterocycles. The predicted molar refractivity (Wildman–Crippen MR) is 113 cm³/mol. The number of carbonyl (C=O) groups excluding carboxylic acids is 2. The highest BCUT2D eigenvalue weighted by Crippen LogP contribution is 2.67. The number of carbonyl (C=O) groups is 2. The van der Waals surface area contributed by atoms with Gasteiger partial charge in [-0.1, -0.05) is 50.5 Å². The molecule has 1 unspecified atom stereocenters. The quantitative estimate of drug-likeness (QED) is 0.669. The van der Waals surface area contributed by atoms with Crippen LogP contribution in [0.25, 0.3) is 0 Å². The number of fused-ring (bicyclic) bond motifs is 7. The lowest BCUT2D eigenvalue weighted by Crippen LogP contribution is -2.62. The smallest absolute Gasteiger partial charge is 0.193 e. The summed E-state index contributed by atoms with van der Waals surface area (Å²) < 4.78 is 12.5. The molecule has 0 spiro atoms. The molecule has 2 N–H and O–H groups in total. The summed E-state index contributed by atoms with van der Waals surface area (Å²) in [5.41, 5.74) is -0.240. The average molecular weight is 429 g/mol. The van der Waals surface area contributed by atoms with Crippen LogP contribution >= 0.6 is 0 Å². The van der Waals surface area contributed by atoms with Gasteiger partial charge in [0, 0.05) is 16.7 Å². The number of aliphatic hydroxyl groups is 2. The minimum Gasteiger partial charge on any atom is -0.393 e. The molecule has 168 valence electrons. The first-order valence-electron chi connectivity index (χ1n) is 11.5. The summed E-state index contributed by atoms with van der Waals surface area (Å²) in [5, 5.41) is 21.4. The van der Waals surface area contributed by atoms with Gasteiger partial charge in [-0.2, -0.15) is 0 Å². The fourth-order valence-electron chi connectivity index (χ4n) is 7.41. The van der Waals surface area contributed by atoms with E-state index in [9.17, 15) is 19.8 Å². The molecule has 6 heteroatoms. The lowest BCUT2D eigenvalue weighted by molar-refractivity contribution is -0.175. The van der Waals surface area contributed by atoms with E-state index in [-0.39, 0.29) is 23.4 Å². The number of rotatable bonds is 4. The number of ether oxygens (including phenoxy) is 2. The SMILES string of the molecule is CCCC1O[C@@H]2C=C3[C@@H]4CCC5=CC(=O)C=C[C@]5(C)[C@H]4[C@@H](O)C[C@]3(C)[C@]2(C(=O)CO)O1. The summed E-state index contributed by atoms with van der Waals surface area (Å²) in [5.74, 6) is -0.393. The van der Waals surface area contributed by atoms with E-state index >= 15 is 0 Å². The number of allylic oxidation sites excluding steroid dienone is 4. The Morgan fingerprint density at radius 1 is 1.32 bits per heavy atom. The molecule has 8 atom stereocenters.